The summed E-state index contributed by atoms with van der Waals surface area (Å²) in [5.41, 5.74) is 0.755. The van der Waals surface area contributed by atoms with E-state index >= 15 is 0 Å². The number of hydrogen-bond donors (Lipinski definition) is 3. The van der Waals surface area contributed by atoms with E-state index in [1.54, 1.807) is 49.6 Å². The molecule has 2 aromatic carbocycles. The van der Waals surface area contributed by atoms with E-state index in [-0.39, 0.29) is 5.39 Å². The number of hydrogen-bond acceptors (Lipinski definition) is 6. The van der Waals surface area contributed by atoms with Gasteiger partial charge in [0.2, 0.25) is 10.0 Å². The first kappa shape index (κ1) is 22.9. The quantitative estimate of drug-likeness (QED) is 0.501. The van der Waals surface area contributed by atoms with Crippen LogP contribution in [0.25, 0.3) is 16.5 Å². The van der Waals surface area contributed by atoms with Gasteiger partial charge in [-0.3, -0.25) is 9.36 Å². The Morgan fingerprint density at radius 2 is 1.91 bits per heavy atom. The highest BCUT2D eigenvalue weighted by atomic mass is 32.3. The van der Waals surface area contributed by atoms with Gasteiger partial charge in [-0.25, -0.2) is 22.3 Å². The fourth-order valence-electron chi connectivity index (χ4n) is 3.47. The van der Waals surface area contributed by atoms with E-state index in [0.29, 0.717) is 28.9 Å². The number of benzene rings is 2. The molecule has 1 aliphatic heterocycles. The molecule has 0 saturated carbocycles. The van der Waals surface area contributed by atoms with Gasteiger partial charge in [0.15, 0.2) is 0 Å². The third-order valence-corrected chi connectivity index (χ3v) is 8.56. The molecule has 1 aliphatic rings. The fourth-order valence-corrected chi connectivity index (χ4v) is 6.17. The van der Waals surface area contributed by atoms with Gasteiger partial charge in [0.25, 0.3) is 5.56 Å². The molecule has 1 atom stereocenters. The van der Waals surface area contributed by atoms with Gasteiger partial charge in [0, 0.05) is 24.6 Å². The summed E-state index contributed by atoms with van der Waals surface area (Å²) in [7, 11) is -2.23. The van der Waals surface area contributed by atoms with E-state index in [2.05, 4.69) is 10.6 Å². The topological polar surface area (TPSA) is 109 Å². The first-order chi connectivity index (χ1) is 15.7. The Balaban J connectivity index is 1.50. The number of anilines is 2. The van der Waals surface area contributed by atoms with Crippen molar-refractivity contribution in [3.05, 3.63) is 75.8 Å². The summed E-state index contributed by atoms with van der Waals surface area (Å²) in [6, 6.07) is 9.87. The Labute approximate surface area is 193 Å². The smallest absolute Gasteiger partial charge is 0.332 e. The van der Waals surface area contributed by atoms with Crippen molar-refractivity contribution < 1.29 is 17.6 Å². The van der Waals surface area contributed by atoms with Gasteiger partial charge >= 0.3 is 6.03 Å². The second-order valence-electron chi connectivity index (χ2n) is 7.41. The summed E-state index contributed by atoms with van der Waals surface area (Å²) in [5.74, 6) is -0.526. The van der Waals surface area contributed by atoms with Crippen LogP contribution in [0.2, 0.25) is 0 Å². The molecule has 0 bridgehead atoms. The minimum absolute atomic E-state index is 0.232. The Bertz CT molecular complexity index is 1430. The second kappa shape index (κ2) is 8.91. The van der Waals surface area contributed by atoms with E-state index in [4.69, 9.17) is 0 Å². The maximum Gasteiger partial charge on any atom is 0.332 e. The van der Waals surface area contributed by atoms with Gasteiger partial charge in [0.1, 0.15) is 10.4 Å². The average molecular weight is 489 g/mol. The van der Waals surface area contributed by atoms with E-state index < -0.39 is 32.0 Å². The van der Waals surface area contributed by atoms with Crippen LogP contribution in [-0.2, 0) is 10.0 Å². The molecule has 0 radical (unpaired) electrons. The zero-order valence-corrected chi connectivity index (χ0v) is 19.4. The largest absolute Gasteiger partial charge is 0.386 e. The summed E-state index contributed by atoms with van der Waals surface area (Å²) >= 11 is 1.20. The molecule has 172 valence electrons. The summed E-state index contributed by atoms with van der Waals surface area (Å²) in [4.78, 5) is 26.0. The number of carbonyl (C=O) groups excluding carboxylic acids is 1. The normalized spacial score (nSPS) is 15.8. The number of rotatable bonds is 5. The van der Waals surface area contributed by atoms with Crippen LogP contribution in [0.5, 0.6) is 0 Å². The van der Waals surface area contributed by atoms with Crippen molar-refractivity contribution >= 4 is 50.0 Å². The summed E-state index contributed by atoms with van der Waals surface area (Å²) in [6.45, 7) is 1.82. The third-order valence-electron chi connectivity index (χ3n) is 5.16. The lowest BCUT2D eigenvalue weighted by atomic mass is 10.1. The monoisotopic (exact) mass is 488 g/mol. The maximum absolute atomic E-state index is 14.1. The molecule has 11 heteroatoms. The van der Waals surface area contributed by atoms with Crippen LogP contribution in [0.3, 0.4) is 0 Å². The number of aromatic nitrogens is 1. The average Bonchev–Trinajstić information content (AvgIpc) is 3.22. The lowest BCUT2D eigenvalue weighted by Gasteiger charge is -2.13. The Hall–Kier alpha value is -3.31. The van der Waals surface area contributed by atoms with E-state index in [1.807, 2.05) is 17.7 Å². The molecule has 8 nitrogen and oxygen atoms in total. The fraction of sp³-hybridized carbons (Fsp3) is 0.182. The van der Waals surface area contributed by atoms with E-state index in [1.165, 1.54) is 22.4 Å². The second-order valence-corrected chi connectivity index (χ2v) is 11.0. The predicted molar refractivity (Wildman–Crippen MR) is 130 cm³/mol. The van der Waals surface area contributed by atoms with Gasteiger partial charge in [-0.05, 0) is 66.1 Å². The molecule has 0 fully saturated rings. The minimum Gasteiger partial charge on any atom is -0.386 e. The van der Waals surface area contributed by atoms with Crippen LogP contribution in [0.4, 0.5) is 20.6 Å². The summed E-state index contributed by atoms with van der Waals surface area (Å²) < 4.78 is 41.5. The zero-order chi connectivity index (χ0) is 23.8. The van der Waals surface area contributed by atoms with Crippen molar-refractivity contribution in [2.75, 3.05) is 17.7 Å². The number of sulfonamides is 1. The third kappa shape index (κ3) is 4.74. The van der Waals surface area contributed by atoms with Crippen LogP contribution in [0, 0.1) is 5.82 Å². The van der Waals surface area contributed by atoms with Crippen LogP contribution in [0.1, 0.15) is 13.3 Å². The lowest BCUT2D eigenvalue weighted by Crippen LogP contribution is -2.38. The Morgan fingerprint density at radius 1 is 1.18 bits per heavy atom. The molecule has 2 heterocycles. The lowest BCUT2D eigenvalue weighted by molar-refractivity contribution is 0.256. The van der Waals surface area contributed by atoms with Gasteiger partial charge in [-0.15, -0.1) is 11.8 Å². The molecule has 0 spiro atoms. The molecule has 1 aromatic heterocycles. The highest BCUT2D eigenvalue weighted by Crippen LogP contribution is 2.34. The van der Waals surface area contributed by atoms with Crippen molar-refractivity contribution in [2.45, 2.75) is 17.9 Å². The number of amides is 2. The van der Waals surface area contributed by atoms with Crippen molar-refractivity contribution in [3.63, 3.8) is 0 Å². The van der Waals surface area contributed by atoms with Crippen LogP contribution in [-0.4, -0.2) is 30.6 Å². The number of allylic oxidation sites excluding steroid dienone is 2. The molecular formula is C22H21FN4O4S2. The van der Waals surface area contributed by atoms with Crippen LogP contribution >= 0.6 is 11.8 Å². The Kier molecular flexibility index (Phi) is 6.17. The summed E-state index contributed by atoms with van der Waals surface area (Å²) in [6.07, 6.45) is 3.74. The first-order valence-corrected chi connectivity index (χ1v) is 12.4. The highest BCUT2D eigenvalue weighted by Gasteiger charge is 2.30. The van der Waals surface area contributed by atoms with Crippen LogP contribution in [0.15, 0.2) is 64.4 Å². The molecule has 2 amide bonds. The predicted octanol–water partition coefficient (Wildman–Crippen LogP) is 3.99. The molecule has 4 rings (SSSR count). The number of fused-ring (bicyclic) bond motifs is 1. The number of thioether (sulfide) groups is 1. The van der Waals surface area contributed by atoms with Gasteiger partial charge in [-0.2, -0.15) is 0 Å². The molecule has 1 unspecified atom stereocenters. The molecule has 0 saturated heterocycles. The van der Waals surface area contributed by atoms with Crippen molar-refractivity contribution in [2.24, 2.45) is 0 Å². The van der Waals surface area contributed by atoms with Gasteiger partial charge < -0.3 is 10.6 Å². The molecular weight excluding hydrogens is 467 g/mol. The first-order valence-electron chi connectivity index (χ1n) is 9.97. The molecule has 3 N–H and O–H groups in total. The zero-order valence-electron chi connectivity index (χ0n) is 17.8. The van der Waals surface area contributed by atoms with Crippen molar-refractivity contribution in [3.8, 4) is 5.69 Å². The SMILES string of the molecule is CNc1cc2ccn(-c3ccc(NC(=O)NS(=O)(=O)C4CC=C(C)S4)cc3)c(=O)c2cc1F. The maximum atomic E-state index is 14.1. The molecule has 33 heavy (non-hydrogen) atoms. The number of nitrogens with zero attached hydrogens (tertiary/aromatic N) is 1. The van der Waals surface area contributed by atoms with Gasteiger partial charge in [0.05, 0.1) is 11.1 Å². The van der Waals surface area contributed by atoms with E-state index in [0.717, 1.165) is 4.91 Å². The Morgan fingerprint density at radius 3 is 2.55 bits per heavy atom. The number of halogens is 1. The van der Waals surface area contributed by atoms with Crippen molar-refractivity contribution in [1.82, 2.24) is 9.29 Å². The number of carbonyl (C=O) groups is 1. The van der Waals surface area contributed by atoms with E-state index in [9.17, 15) is 22.4 Å². The number of nitrogens with one attached hydrogen (secondary N) is 3. The van der Waals surface area contributed by atoms with Crippen molar-refractivity contribution in [1.29, 1.82) is 0 Å². The summed E-state index contributed by atoms with van der Waals surface area (Å²) in [5, 5.41) is 6.05. The molecule has 3 aromatic rings. The molecule has 0 aliphatic carbocycles. The van der Waals surface area contributed by atoms with Gasteiger partial charge in [-0.1, -0.05) is 6.08 Å². The standard InChI is InChI=1S/C22H21FN4O4S2/c1-13-3-8-20(32-13)33(30,31)26-22(29)25-15-4-6-16(7-5-15)27-10-9-14-11-19(24-2)18(23)12-17(14)21(27)28/h3-7,9-12,20,24H,8H2,1-2H3,(H2,25,26,29). The number of pyridine rings is 1. The number of urea groups is 1. The van der Waals surface area contributed by atoms with Crippen LogP contribution < -0.4 is 20.9 Å². The highest BCUT2D eigenvalue weighted by molar-refractivity contribution is 8.15. The minimum atomic E-state index is -3.83.